The van der Waals surface area contributed by atoms with E-state index in [0.29, 0.717) is 17.6 Å². The molecule has 5 heterocycles. The third kappa shape index (κ3) is 7.63. The number of para-hydroxylation sites is 1. The quantitative estimate of drug-likeness (QED) is 0.160. The molecule has 0 N–H and O–H groups in total. The van der Waals surface area contributed by atoms with E-state index in [1.165, 1.54) is 32.3 Å². The van der Waals surface area contributed by atoms with E-state index < -0.39 is 0 Å². The number of aromatic nitrogens is 5. The van der Waals surface area contributed by atoms with Gasteiger partial charge in [-0.05, 0) is 65.2 Å². The number of benzene rings is 5. The van der Waals surface area contributed by atoms with E-state index in [1.807, 2.05) is 103 Å². The molecule has 1 radical (unpaired) electrons. The zero-order valence-electron chi connectivity index (χ0n) is 33.4. The summed E-state index contributed by atoms with van der Waals surface area (Å²) >= 11 is 1.76. The topological polar surface area (TPSA) is 67.7 Å². The molecular formula is C51H40IrN6S-2. The van der Waals surface area contributed by atoms with Gasteiger partial charge in [-0.25, -0.2) is 4.98 Å². The molecule has 9 aromatic rings. The van der Waals surface area contributed by atoms with Crippen molar-refractivity contribution in [2.45, 2.75) is 40.0 Å². The van der Waals surface area contributed by atoms with Crippen LogP contribution < -0.4 is 4.90 Å². The van der Waals surface area contributed by atoms with Crippen LogP contribution in [0.5, 0.6) is 0 Å². The number of anilines is 3. The Balaban J connectivity index is 0.000000274. The van der Waals surface area contributed by atoms with Gasteiger partial charge in [-0.2, -0.15) is 9.97 Å². The van der Waals surface area contributed by atoms with Gasteiger partial charge in [0.2, 0.25) is 5.95 Å². The molecule has 0 spiro atoms. The zero-order valence-corrected chi connectivity index (χ0v) is 36.6. The van der Waals surface area contributed by atoms with Crippen molar-refractivity contribution in [3.05, 3.63) is 192 Å². The summed E-state index contributed by atoms with van der Waals surface area (Å²) in [5.74, 6) is 1.86. The minimum atomic E-state index is -0.299. The number of rotatable bonds is 5. The van der Waals surface area contributed by atoms with Gasteiger partial charge in [0.1, 0.15) is 0 Å². The minimum Gasteiger partial charge on any atom is -0.304 e. The fourth-order valence-corrected chi connectivity index (χ4v) is 8.87. The van der Waals surface area contributed by atoms with Gasteiger partial charge >= 0.3 is 0 Å². The van der Waals surface area contributed by atoms with E-state index in [1.54, 1.807) is 11.3 Å². The van der Waals surface area contributed by atoms with E-state index in [0.717, 1.165) is 49.9 Å². The van der Waals surface area contributed by atoms with Crippen molar-refractivity contribution in [3.8, 4) is 45.3 Å². The van der Waals surface area contributed by atoms with Gasteiger partial charge in [-0.1, -0.05) is 122 Å². The van der Waals surface area contributed by atoms with Crippen molar-refractivity contribution in [1.82, 2.24) is 24.9 Å². The molecule has 1 aliphatic rings. The number of nitrogens with zero attached hydrogens (tertiary/aromatic N) is 6. The standard InChI is InChI=1S/C38H28N5S.C13H12N.Ir/c1-24-21-22-29(39-23-24)27-17-12-20-31-32(27)33-36(44-31)43(30-19-11-10-18-28(30)38(33,2)3)37-41-34(25-13-6-4-7-14-25)40-35(42-37)26-15-8-5-9-16-26;1-10-8-13(14-9-11(10)2)12-6-4-3-5-7-12;/h4-16,18-23H,1-3H3;3-6,8-9H,1-2H3;/q2*-1;. The maximum Gasteiger partial charge on any atom is 0.239 e. The first kappa shape index (κ1) is 39.6. The molecule has 10 rings (SSSR count). The molecule has 0 bridgehead atoms. The van der Waals surface area contributed by atoms with Gasteiger partial charge in [0.05, 0.1) is 10.7 Å². The fourth-order valence-electron chi connectivity index (χ4n) is 7.49. The second-order valence-corrected chi connectivity index (χ2v) is 16.0. The van der Waals surface area contributed by atoms with Crippen molar-refractivity contribution in [3.63, 3.8) is 0 Å². The summed E-state index contributed by atoms with van der Waals surface area (Å²) in [5, 5.41) is 2.27. The summed E-state index contributed by atoms with van der Waals surface area (Å²) in [6.45, 7) is 10.9. The van der Waals surface area contributed by atoms with E-state index in [9.17, 15) is 0 Å². The molecule has 0 unspecified atom stereocenters. The smallest absolute Gasteiger partial charge is 0.239 e. The summed E-state index contributed by atoms with van der Waals surface area (Å²) in [6.07, 6.45) is 3.83. The Morgan fingerprint density at radius 3 is 1.92 bits per heavy atom. The maximum absolute atomic E-state index is 5.15. The van der Waals surface area contributed by atoms with Gasteiger partial charge < -0.3 is 9.97 Å². The molecule has 5 aromatic carbocycles. The number of hydrogen-bond donors (Lipinski definition) is 0. The number of fused-ring (bicyclic) bond motifs is 4. The van der Waals surface area contributed by atoms with Crippen LogP contribution in [0.2, 0.25) is 0 Å². The van der Waals surface area contributed by atoms with Crippen LogP contribution in [-0.2, 0) is 25.5 Å². The van der Waals surface area contributed by atoms with E-state index >= 15 is 0 Å². The Hall–Kier alpha value is -6.18. The van der Waals surface area contributed by atoms with E-state index in [2.05, 4.69) is 105 Å². The van der Waals surface area contributed by atoms with Crippen LogP contribution in [-0.4, -0.2) is 24.9 Å². The largest absolute Gasteiger partial charge is 0.304 e. The molecule has 0 aliphatic carbocycles. The van der Waals surface area contributed by atoms with Crippen LogP contribution in [0.1, 0.15) is 41.7 Å². The molecule has 59 heavy (non-hydrogen) atoms. The number of pyridine rings is 2. The van der Waals surface area contributed by atoms with Crippen LogP contribution >= 0.6 is 11.3 Å². The first-order valence-electron chi connectivity index (χ1n) is 19.3. The van der Waals surface area contributed by atoms with Crippen molar-refractivity contribution in [1.29, 1.82) is 0 Å². The first-order chi connectivity index (χ1) is 28.3. The van der Waals surface area contributed by atoms with Gasteiger partial charge in [0.25, 0.3) is 0 Å². The van der Waals surface area contributed by atoms with Crippen LogP contribution in [0.4, 0.5) is 16.6 Å². The molecule has 291 valence electrons. The third-order valence-corrected chi connectivity index (χ3v) is 11.8. The normalized spacial score (nSPS) is 12.5. The Kier molecular flexibility index (Phi) is 11.1. The monoisotopic (exact) mass is 961 g/mol. The average Bonchev–Trinajstić information content (AvgIpc) is 3.67. The van der Waals surface area contributed by atoms with Gasteiger partial charge in [-0.15, -0.1) is 71.0 Å². The van der Waals surface area contributed by atoms with Gasteiger partial charge in [0.15, 0.2) is 11.6 Å². The minimum absolute atomic E-state index is 0. The molecule has 6 nitrogen and oxygen atoms in total. The number of thiophene rings is 1. The summed E-state index contributed by atoms with van der Waals surface area (Å²) in [7, 11) is 0. The first-order valence-corrected chi connectivity index (χ1v) is 20.2. The van der Waals surface area contributed by atoms with Crippen molar-refractivity contribution in [2.75, 3.05) is 4.90 Å². The molecule has 8 heteroatoms. The summed E-state index contributed by atoms with van der Waals surface area (Å²) in [4.78, 5) is 26.7. The van der Waals surface area contributed by atoms with E-state index in [-0.39, 0.29) is 25.5 Å². The Morgan fingerprint density at radius 1 is 0.610 bits per heavy atom. The second kappa shape index (κ2) is 16.6. The molecule has 0 atom stereocenters. The summed E-state index contributed by atoms with van der Waals surface area (Å²) in [6, 6.07) is 53.9. The van der Waals surface area contributed by atoms with Crippen molar-refractivity contribution in [2.24, 2.45) is 0 Å². The van der Waals surface area contributed by atoms with Gasteiger partial charge in [-0.3, -0.25) is 4.90 Å². The second-order valence-electron chi connectivity index (χ2n) is 15.0. The van der Waals surface area contributed by atoms with Crippen molar-refractivity contribution < 1.29 is 20.1 Å². The average molecular weight is 961 g/mol. The molecule has 0 saturated carbocycles. The number of hydrogen-bond acceptors (Lipinski definition) is 7. The molecule has 0 fully saturated rings. The zero-order chi connectivity index (χ0) is 39.8. The Morgan fingerprint density at radius 2 is 1.27 bits per heavy atom. The van der Waals surface area contributed by atoms with Crippen LogP contribution in [0.15, 0.2) is 152 Å². The Labute approximate surface area is 363 Å². The summed E-state index contributed by atoms with van der Waals surface area (Å²) < 4.78 is 1.18. The predicted molar refractivity (Wildman–Crippen MR) is 238 cm³/mol. The molecule has 0 saturated heterocycles. The van der Waals surface area contributed by atoms with Gasteiger partial charge in [0, 0.05) is 49.0 Å². The van der Waals surface area contributed by atoms with Crippen molar-refractivity contribution >= 4 is 38.1 Å². The Bertz CT molecular complexity index is 2840. The molecule has 4 aromatic heterocycles. The van der Waals surface area contributed by atoms with Crippen LogP contribution in [0.3, 0.4) is 0 Å². The van der Waals surface area contributed by atoms with Crippen LogP contribution in [0.25, 0.3) is 55.4 Å². The SMILES string of the molecule is Cc1ccc(-c2[c-]ccc3sc4c(c23)C(C)(C)c2ccccc2N4c2nc(-c3ccccc3)nc(-c3ccccc3)n2)nc1.Cc1cnc(-c2[c-]cccc2)cc1C.[Ir]. The molecule has 1 aliphatic heterocycles. The number of aryl methyl sites for hydroxylation is 3. The summed E-state index contributed by atoms with van der Waals surface area (Å²) in [5.41, 5.74) is 12.7. The fraction of sp³-hybridized carbons (Fsp3) is 0.118. The maximum atomic E-state index is 5.15. The molecule has 0 amide bonds. The van der Waals surface area contributed by atoms with Crippen LogP contribution in [0, 0.1) is 32.9 Å². The molecular weight excluding hydrogens is 921 g/mol. The third-order valence-electron chi connectivity index (χ3n) is 10.7. The van der Waals surface area contributed by atoms with E-state index in [4.69, 9.17) is 19.9 Å². The predicted octanol–water partition coefficient (Wildman–Crippen LogP) is 12.9.